The number of nitrogens with one attached hydrogen (secondary N) is 1. The number of aromatic hydroxyl groups is 1. The number of anilines is 1. The maximum atomic E-state index is 9.71. The number of hydrogen-bond acceptors (Lipinski definition) is 3. The van der Waals surface area contributed by atoms with Gasteiger partial charge in [0.15, 0.2) is 11.5 Å². The fourth-order valence-electron chi connectivity index (χ4n) is 1.87. The summed E-state index contributed by atoms with van der Waals surface area (Å²) in [6.07, 6.45) is 0. The van der Waals surface area contributed by atoms with Gasteiger partial charge >= 0.3 is 0 Å². The summed E-state index contributed by atoms with van der Waals surface area (Å²) < 4.78 is 5.01. The van der Waals surface area contributed by atoms with E-state index >= 15 is 0 Å². The van der Waals surface area contributed by atoms with Gasteiger partial charge in [0.1, 0.15) is 0 Å². The Bertz CT molecular complexity index is 584. The van der Waals surface area contributed by atoms with E-state index in [1.165, 1.54) is 7.11 Å². The van der Waals surface area contributed by atoms with Gasteiger partial charge in [-0.05, 0) is 48.4 Å². The molecular formula is C15H16ClNO2. The highest BCUT2D eigenvalue weighted by molar-refractivity contribution is 6.30. The lowest BCUT2D eigenvalue weighted by molar-refractivity contribution is 0.373. The molecule has 0 aliphatic carbocycles. The first-order chi connectivity index (χ1) is 9.10. The minimum atomic E-state index is 0.148. The second-order valence-corrected chi connectivity index (χ2v) is 4.76. The Morgan fingerprint density at radius 2 is 2.00 bits per heavy atom. The second-order valence-electron chi connectivity index (χ2n) is 4.32. The number of rotatable bonds is 4. The van der Waals surface area contributed by atoms with Crippen LogP contribution in [0, 0.1) is 6.92 Å². The lowest BCUT2D eigenvalue weighted by Gasteiger charge is -2.11. The topological polar surface area (TPSA) is 41.5 Å². The summed E-state index contributed by atoms with van der Waals surface area (Å²) in [6.45, 7) is 2.62. The fourth-order valence-corrected chi connectivity index (χ4v) is 2.09. The molecule has 2 aromatic rings. The van der Waals surface area contributed by atoms with Crippen LogP contribution < -0.4 is 10.1 Å². The van der Waals surface area contributed by atoms with Crippen LogP contribution in [0.3, 0.4) is 0 Å². The zero-order valence-corrected chi connectivity index (χ0v) is 11.7. The van der Waals surface area contributed by atoms with Crippen LogP contribution in [0.15, 0.2) is 36.4 Å². The first kappa shape index (κ1) is 13.6. The minimum Gasteiger partial charge on any atom is -0.504 e. The van der Waals surface area contributed by atoms with Crippen molar-refractivity contribution in [1.29, 1.82) is 0 Å². The maximum Gasteiger partial charge on any atom is 0.160 e. The molecular weight excluding hydrogens is 262 g/mol. The third kappa shape index (κ3) is 3.32. The normalized spacial score (nSPS) is 10.3. The molecule has 0 aliphatic rings. The summed E-state index contributed by atoms with van der Waals surface area (Å²) >= 11 is 5.91. The quantitative estimate of drug-likeness (QED) is 0.888. The van der Waals surface area contributed by atoms with Gasteiger partial charge in [-0.15, -0.1) is 0 Å². The van der Waals surface area contributed by atoms with Crippen LogP contribution in [0.25, 0.3) is 0 Å². The van der Waals surface area contributed by atoms with Gasteiger partial charge in [0, 0.05) is 17.3 Å². The number of phenolic OH excluding ortho intramolecular Hbond substituents is 1. The van der Waals surface area contributed by atoms with Crippen molar-refractivity contribution in [2.24, 2.45) is 0 Å². The third-order valence-corrected chi connectivity index (χ3v) is 3.15. The number of methoxy groups -OCH3 is 1. The molecule has 3 nitrogen and oxygen atoms in total. The fraction of sp³-hybridized carbons (Fsp3) is 0.200. The Labute approximate surface area is 117 Å². The van der Waals surface area contributed by atoms with Crippen molar-refractivity contribution in [3.05, 3.63) is 52.5 Å². The molecule has 2 aromatic carbocycles. The van der Waals surface area contributed by atoms with Gasteiger partial charge in [-0.25, -0.2) is 0 Å². The Morgan fingerprint density at radius 1 is 1.21 bits per heavy atom. The molecule has 0 aliphatic heterocycles. The standard InChI is InChI=1S/C15H16ClNO2/c1-10-7-12(16)4-5-13(10)17-9-11-3-6-15(19-2)14(18)8-11/h3-8,17-18H,9H2,1-2H3. The zero-order valence-electron chi connectivity index (χ0n) is 10.9. The van der Waals surface area contributed by atoms with Gasteiger partial charge in [-0.2, -0.15) is 0 Å². The molecule has 19 heavy (non-hydrogen) atoms. The molecule has 0 bridgehead atoms. The molecule has 0 fully saturated rings. The lowest BCUT2D eigenvalue weighted by Crippen LogP contribution is -2.01. The van der Waals surface area contributed by atoms with Crippen molar-refractivity contribution < 1.29 is 9.84 Å². The molecule has 4 heteroatoms. The number of aryl methyl sites for hydroxylation is 1. The molecule has 0 radical (unpaired) electrons. The Kier molecular flexibility index (Phi) is 4.17. The van der Waals surface area contributed by atoms with E-state index in [4.69, 9.17) is 16.3 Å². The number of halogens is 1. The van der Waals surface area contributed by atoms with Crippen molar-refractivity contribution in [2.75, 3.05) is 12.4 Å². The molecule has 2 rings (SSSR count). The predicted octanol–water partition coefficient (Wildman–Crippen LogP) is 3.97. The molecule has 2 N–H and O–H groups in total. The second kappa shape index (κ2) is 5.85. The van der Waals surface area contributed by atoms with Crippen molar-refractivity contribution >= 4 is 17.3 Å². The monoisotopic (exact) mass is 277 g/mol. The number of benzene rings is 2. The predicted molar refractivity (Wildman–Crippen MR) is 78.2 cm³/mol. The molecule has 0 atom stereocenters. The number of phenols is 1. The summed E-state index contributed by atoms with van der Waals surface area (Å²) in [5.74, 6) is 0.626. The van der Waals surface area contributed by atoms with Crippen LogP contribution in [0.4, 0.5) is 5.69 Å². The Balaban J connectivity index is 2.08. The van der Waals surface area contributed by atoms with Crippen molar-refractivity contribution in [3.8, 4) is 11.5 Å². The highest BCUT2D eigenvalue weighted by Gasteiger charge is 2.03. The first-order valence-electron chi connectivity index (χ1n) is 5.96. The zero-order chi connectivity index (χ0) is 13.8. The number of hydrogen-bond donors (Lipinski definition) is 2. The van der Waals surface area contributed by atoms with E-state index in [-0.39, 0.29) is 5.75 Å². The summed E-state index contributed by atoms with van der Waals surface area (Å²) in [7, 11) is 1.53. The first-order valence-corrected chi connectivity index (χ1v) is 6.34. The van der Waals surface area contributed by atoms with Gasteiger partial charge in [0.2, 0.25) is 0 Å². The maximum absolute atomic E-state index is 9.71. The molecule has 0 spiro atoms. The molecule has 0 unspecified atom stereocenters. The molecule has 0 heterocycles. The van der Waals surface area contributed by atoms with Crippen LogP contribution in [0.2, 0.25) is 5.02 Å². The van der Waals surface area contributed by atoms with E-state index in [0.717, 1.165) is 21.8 Å². The van der Waals surface area contributed by atoms with Crippen molar-refractivity contribution in [1.82, 2.24) is 0 Å². The summed E-state index contributed by atoms with van der Waals surface area (Å²) in [5, 5.41) is 13.7. The molecule has 100 valence electrons. The van der Waals surface area contributed by atoms with Crippen LogP contribution >= 0.6 is 11.6 Å². The molecule has 0 aromatic heterocycles. The van der Waals surface area contributed by atoms with Crippen molar-refractivity contribution in [3.63, 3.8) is 0 Å². The Hall–Kier alpha value is -1.87. The highest BCUT2D eigenvalue weighted by atomic mass is 35.5. The van der Waals surface area contributed by atoms with Gasteiger partial charge in [0.25, 0.3) is 0 Å². The van der Waals surface area contributed by atoms with Crippen LogP contribution in [-0.2, 0) is 6.54 Å². The highest BCUT2D eigenvalue weighted by Crippen LogP contribution is 2.27. The summed E-state index contributed by atoms with van der Waals surface area (Å²) in [4.78, 5) is 0. The SMILES string of the molecule is COc1ccc(CNc2ccc(Cl)cc2C)cc1O. The molecule has 0 saturated heterocycles. The summed E-state index contributed by atoms with van der Waals surface area (Å²) in [5.41, 5.74) is 3.09. The summed E-state index contributed by atoms with van der Waals surface area (Å²) in [6, 6.07) is 11.1. The average molecular weight is 278 g/mol. The van der Waals surface area contributed by atoms with E-state index < -0.39 is 0 Å². The minimum absolute atomic E-state index is 0.148. The Morgan fingerprint density at radius 3 is 2.63 bits per heavy atom. The van der Waals surface area contributed by atoms with Crippen LogP contribution in [-0.4, -0.2) is 12.2 Å². The van der Waals surface area contributed by atoms with Gasteiger partial charge < -0.3 is 15.2 Å². The molecule has 0 saturated carbocycles. The van der Waals surface area contributed by atoms with E-state index in [0.29, 0.717) is 12.3 Å². The van der Waals surface area contributed by atoms with Gasteiger partial charge in [-0.3, -0.25) is 0 Å². The van der Waals surface area contributed by atoms with Crippen LogP contribution in [0.5, 0.6) is 11.5 Å². The number of ether oxygens (including phenoxy) is 1. The van der Waals surface area contributed by atoms with E-state index in [9.17, 15) is 5.11 Å². The van der Waals surface area contributed by atoms with Gasteiger partial charge in [0.05, 0.1) is 7.11 Å². The lowest BCUT2D eigenvalue weighted by atomic mass is 10.1. The molecule has 0 amide bonds. The smallest absolute Gasteiger partial charge is 0.160 e. The third-order valence-electron chi connectivity index (χ3n) is 2.91. The van der Waals surface area contributed by atoms with E-state index in [1.807, 2.05) is 31.2 Å². The van der Waals surface area contributed by atoms with Crippen molar-refractivity contribution in [2.45, 2.75) is 13.5 Å². The average Bonchev–Trinajstić information content (AvgIpc) is 2.38. The van der Waals surface area contributed by atoms with E-state index in [2.05, 4.69) is 5.32 Å². The largest absolute Gasteiger partial charge is 0.504 e. The van der Waals surface area contributed by atoms with Gasteiger partial charge in [-0.1, -0.05) is 17.7 Å². The van der Waals surface area contributed by atoms with Crippen LogP contribution in [0.1, 0.15) is 11.1 Å². The van der Waals surface area contributed by atoms with E-state index in [1.54, 1.807) is 12.1 Å².